The van der Waals surface area contributed by atoms with E-state index in [0.29, 0.717) is 4.91 Å². The van der Waals surface area contributed by atoms with Gasteiger partial charge in [0.25, 0.3) is 0 Å². The molecule has 0 aliphatic heterocycles. The SMILES string of the molecule is C=C/C=C(\C=C)SCc1c(F)c(F)cc(OC)c1C(=O)O. The molecule has 1 N–H and O–H groups in total. The Bertz CT molecular complexity index is 609. The number of hydrogen-bond acceptors (Lipinski definition) is 3. The van der Waals surface area contributed by atoms with Crippen molar-refractivity contribution < 1.29 is 23.4 Å². The van der Waals surface area contributed by atoms with Gasteiger partial charge in [-0.1, -0.05) is 25.3 Å². The zero-order valence-electron chi connectivity index (χ0n) is 11.4. The first-order valence-corrected chi connectivity index (χ1v) is 6.80. The van der Waals surface area contributed by atoms with E-state index in [2.05, 4.69) is 13.2 Å². The highest BCUT2D eigenvalue weighted by molar-refractivity contribution is 8.02. The number of carboxylic acids is 1. The summed E-state index contributed by atoms with van der Waals surface area (Å²) >= 11 is 1.12. The normalized spacial score (nSPS) is 11.1. The Morgan fingerprint density at radius 3 is 2.62 bits per heavy atom. The molecule has 0 bridgehead atoms. The van der Waals surface area contributed by atoms with Gasteiger partial charge in [-0.3, -0.25) is 0 Å². The number of halogens is 2. The van der Waals surface area contributed by atoms with Gasteiger partial charge in [0.2, 0.25) is 0 Å². The molecule has 0 amide bonds. The Morgan fingerprint density at radius 1 is 1.48 bits per heavy atom. The average Bonchev–Trinajstić information content (AvgIpc) is 2.46. The number of carbonyl (C=O) groups is 1. The summed E-state index contributed by atoms with van der Waals surface area (Å²) in [5, 5.41) is 9.19. The summed E-state index contributed by atoms with van der Waals surface area (Å²) < 4.78 is 32.2. The molecule has 0 heterocycles. The van der Waals surface area contributed by atoms with Gasteiger partial charge in [0.05, 0.1) is 7.11 Å². The van der Waals surface area contributed by atoms with E-state index >= 15 is 0 Å². The predicted molar refractivity (Wildman–Crippen MR) is 79.6 cm³/mol. The van der Waals surface area contributed by atoms with Gasteiger partial charge >= 0.3 is 5.97 Å². The molecule has 0 atom stereocenters. The van der Waals surface area contributed by atoms with E-state index < -0.39 is 17.6 Å². The van der Waals surface area contributed by atoms with Crippen LogP contribution in [0.1, 0.15) is 15.9 Å². The van der Waals surface area contributed by atoms with Crippen LogP contribution >= 0.6 is 11.8 Å². The van der Waals surface area contributed by atoms with Crippen molar-refractivity contribution in [1.29, 1.82) is 0 Å². The second-order valence-electron chi connectivity index (χ2n) is 3.83. The molecule has 0 radical (unpaired) electrons. The van der Waals surface area contributed by atoms with Crippen molar-refractivity contribution in [1.82, 2.24) is 0 Å². The van der Waals surface area contributed by atoms with Crippen LogP contribution in [0, 0.1) is 11.6 Å². The molecule has 6 heteroatoms. The fourth-order valence-electron chi connectivity index (χ4n) is 1.63. The van der Waals surface area contributed by atoms with E-state index in [9.17, 15) is 18.7 Å². The van der Waals surface area contributed by atoms with Crippen LogP contribution in [0.15, 0.2) is 42.4 Å². The smallest absolute Gasteiger partial charge is 0.339 e. The summed E-state index contributed by atoms with van der Waals surface area (Å²) in [5.74, 6) is -4.02. The van der Waals surface area contributed by atoms with Gasteiger partial charge in [0, 0.05) is 22.3 Å². The lowest BCUT2D eigenvalue weighted by Gasteiger charge is -2.12. The van der Waals surface area contributed by atoms with E-state index in [1.165, 1.54) is 19.3 Å². The van der Waals surface area contributed by atoms with E-state index in [1.54, 1.807) is 6.08 Å². The first-order valence-electron chi connectivity index (χ1n) is 5.82. The summed E-state index contributed by atoms with van der Waals surface area (Å²) in [4.78, 5) is 11.9. The molecule has 0 spiro atoms. The maximum absolute atomic E-state index is 13.9. The maximum atomic E-state index is 13.9. The van der Waals surface area contributed by atoms with Gasteiger partial charge in [0.1, 0.15) is 11.3 Å². The summed E-state index contributed by atoms with van der Waals surface area (Å²) in [7, 11) is 1.20. The topological polar surface area (TPSA) is 46.5 Å². The number of hydrogen-bond donors (Lipinski definition) is 1. The van der Waals surface area contributed by atoms with Crippen LogP contribution in [0.25, 0.3) is 0 Å². The van der Waals surface area contributed by atoms with Crippen molar-refractivity contribution in [2.75, 3.05) is 7.11 Å². The first-order chi connectivity index (χ1) is 9.96. The van der Waals surface area contributed by atoms with Crippen LogP contribution in [0.5, 0.6) is 5.75 Å². The second-order valence-corrected chi connectivity index (χ2v) is 4.88. The number of methoxy groups -OCH3 is 1. The Balaban J connectivity index is 3.29. The van der Waals surface area contributed by atoms with Crippen LogP contribution in [-0.4, -0.2) is 18.2 Å². The molecule has 0 aliphatic rings. The van der Waals surface area contributed by atoms with Crippen molar-refractivity contribution in [3.05, 3.63) is 65.1 Å². The van der Waals surface area contributed by atoms with Crippen LogP contribution in [0.4, 0.5) is 8.78 Å². The molecule has 0 aliphatic carbocycles. The van der Waals surface area contributed by atoms with Gasteiger partial charge < -0.3 is 9.84 Å². The lowest BCUT2D eigenvalue weighted by atomic mass is 10.1. The van der Waals surface area contributed by atoms with Crippen molar-refractivity contribution in [3.8, 4) is 5.75 Å². The quantitative estimate of drug-likeness (QED) is 0.768. The van der Waals surface area contributed by atoms with Crippen molar-refractivity contribution in [3.63, 3.8) is 0 Å². The van der Waals surface area contributed by atoms with Gasteiger partial charge in [0.15, 0.2) is 11.6 Å². The molecule has 1 rings (SSSR count). The maximum Gasteiger partial charge on any atom is 0.339 e. The number of rotatable bonds is 7. The fraction of sp³-hybridized carbons (Fsp3) is 0.133. The van der Waals surface area contributed by atoms with Crippen LogP contribution in [0.2, 0.25) is 0 Å². The highest BCUT2D eigenvalue weighted by Crippen LogP contribution is 2.32. The molecule has 0 saturated heterocycles. The van der Waals surface area contributed by atoms with Crippen molar-refractivity contribution >= 4 is 17.7 Å². The number of allylic oxidation sites excluding steroid dienone is 3. The standard InChI is InChI=1S/C15H14F2O3S/c1-4-6-9(5-2)21-8-10-13(15(18)19)12(20-3)7-11(16)14(10)17/h4-7H,1-2,8H2,3H3,(H,18,19)/b9-6+. The van der Waals surface area contributed by atoms with E-state index in [1.807, 2.05) is 0 Å². The van der Waals surface area contributed by atoms with Gasteiger partial charge in [-0.15, -0.1) is 11.8 Å². The zero-order valence-corrected chi connectivity index (χ0v) is 12.2. The summed E-state index contributed by atoms with van der Waals surface area (Å²) in [6.45, 7) is 7.10. The molecule has 3 nitrogen and oxygen atoms in total. The lowest BCUT2D eigenvalue weighted by molar-refractivity contribution is 0.0691. The molecule has 112 valence electrons. The summed E-state index contributed by atoms with van der Waals surface area (Å²) in [5.41, 5.74) is -0.646. The predicted octanol–water partition coefficient (Wildman–Crippen LogP) is 4.16. The zero-order chi connectivity index (χ0) is 16.0. The minimum atomic E-state index is -1.38. The number of benzene rings is 1. The van der Waals surface area contributed by atoms with E-state index in [0.717, 1.165) is 17.8 Å². The largest absolute Gasteiger partial charge is 0.496 e. The average molecular weight is 312 g/mol. The second kappa shape index (κ2) is 7.64. The minimum absolute atomic E-state index is 0.0761. The number of aromatic carboxylic acids is 1. The van der Waals surface area contributed by atoms with Gasteiger partial charge in [-0.2, -0.15) is 0 Å². The lowest BCUT2D eigenvalue weighted by Crippen LogP contribution is -2.09. The minimum Gasteiger partial charge on any atom is -0.496 e. The molecule has 21 heavy (non-hydrogen) atoms. The van der Waals surface area contributed by atoms with Crippen molar-refractivity contribution in [2.24, 2.45) is 0 Å². The summed E-state index contributed by atoms with van der Waals surface area (Å²) in [6.07, 6.45) is 4.67. The molecule has 1 aromatic rings. The monoisotopic (exact) mass is 312 g/mol. The van der Waals surface area contributed by atoms with Crippen molar-refractivity contribution in [2.45, 2.75) is 5.75 Å². The highest BCUT2D eigenvalue weighted by Gasteiger charge is 2.24. The molecule has 0 aromatic heterocycles. The number of carboxylic acid groups (broad SMARTS) is 1. The Hall–Kier alpha value is -2.08. The molecular formula is C15H14F2O3S. The third kappa shape index (κ3) is 3.95. The van der Waals surface area contributed by atoms with Gasteiger partial charge in [-0.05, 0) is 6.08 Å². The number of thioether (sulfide) groups is 1. The Labute approximate surface area is 125 Å². The Kier molecular flexibility index (Phi) is 6.17. The molecule has 0 saturated carbocycles. The molecule has 0 fully saturated rings. The van der Waals surface area contributed by atoms with Gasteiger partial charge in [-0.25, -0.2) is 13.6 Å². The van der Waals surface area contributed by atoms with E-state index in [-0.39, 0.29) is 22.6 Å². The Morgan fingerprint density at radius 2 is 2.14 bits per heavy atom. The fourth-order valence-corrected chi connectivity index (χ4v) is 2.52. The highest BCUT2D eigenvalue weighted by atomic mass is 32.2. The van der Waals surface area contributed by atoms with Crippen LogP contribution in [-0.2, 0) is 5.75 Å². The molecule has 1 aromatic carbocycles. The third-order valence-electron chi connectivity index (χ3n) is 2.58. The molecule has 0 unspecified atom stereocenters. The number of ether oxygens (including phenoxy) is 1. The summed E-state index contributed by atoms with van der Waals surface area (Å²) in [6, 6.07) is 0.723. The van der Waals surface area contributed by atoms with Crippen LogP contribution < -0.4 is 4.74 Å². The van der Waals surface area contributed by atoms with Crippen LogP contribution in [0.3, 0.4) is 0 Å². The molecular weight excluding hydrogens is 298 g/mol. The first kappa shape index (κ1) is 17.0. The third-order valence-corrected chi connectivity index (χ3v) is 3.65. The van der Waals surface area contributed by atoms with E-state index in [4.69, 9.17) is 4.74 Å².